The zero-order chi connectivity index (χ0) is 23.8. The number of nitrogens with one attached hydrogen (secondary N) is 1. The van der Waals surface area contributed by atoms with Gasteiger partial charge in [-0.3, -0.25) is 4.90 Å². The number of halogens is 1. The van der Waals surface area contributed by atoms with E-state index in [-0.39, 0.29) is 24.2 Å². The number of rotatable bonds is 5. The Bertz CT molecular complexity index is 1340. The summed E-state index contributed by atoms with van der Waals surface area (Å²) in [5.74, 6) is -0.568. The minimum Gasteiger partial charge on any atom is -0.457 e. The minimum absolute atomic E-state index is 0.0273. The number of carbonyl (C=O) groups is 1. The summed E-state index contributed by atoms with van der Waals surface area (Å²) in [6, 6.07) is 9.66. The van der Waals surface area contributed by atoms with Gasteiger partial charge in [0.1, 0.15) is 18.5 Å². The Kier molecular flexibility index (Phi) is 5.69. The molecule has 0 saturated carbocycles. The number of aromatic nitrogens is 2. The van der Waals surface area contributed by atoms with Gasteiger partial charge in [0.2, 0.25) is 5.95 Å². The summed E-state index contributed by atoms with van der Waals surface area (Å²) < 4.78 is 19.1. The second kappa shape index (κ2) is 8.82. The van der Waals surface area contributed by atoms with E-state index in [1.54, 1.807) is 18.3 Å². The van der Waals surface area contributed by atoms with E-state index in [2.05, 4.69) is 20.2 Å². The first-order valence-electron chi connectivity index (χ1n) is 10.9. The number of hydrogen-bond donors (Lipinski definition) is 2. The molecule has 9 heteroatoms. The predicted molar refractivity (Wildman–Crippen MR) is 121 cm³/mol. The van der Waals surface area contributed by atoms with Gasteiger partial charge in [0.15, 0.2) is 0 Å². The fraction of sp³-hybridized carbons (Fsp3) is 0.280. The number of fused-ring (bicyclic) bond motifs is 2. The average molecular weight is 459 g/mol. The van der Waals surface area contributed by atoms with Crippen LogP contribution >= 0.6 is 0 Å². The Morgan fingerprint density at radius 3 is 2.97 bits per heavy atom. The van der Waals surface area contributed by atoms with Gasteiger partial charge < -0.3 is 15.2 Å². The van der Waals surface area contributed by atoms with Crippen molar-refractivity contribution in [2.75, 3.05) is 11.9 Å². The van der Waals surface area contributed by atoms with Crippen LogP contribution in [0, 0.1) is 24.1 Å². The summed E-state index contributed by atoms with van der Waals surface area (Å²) in [6.07, 6.45) is 2.28. The highest BCUT2D eigenvalue weighted by atomic mass is 19.1. The van der Waals surface area contributed by atoms with E-state index in [0.29, 0.717) is 43.3 Å². The Morgan fingerprint density at radius 2 is 2.21 bits per heavy atom. The summed E-state index contributed by atoms with van der Waals surface area (Å²) in [5.41, 5.74) is 5.88. The first kappa shape index (κ1) is 21.9. The lowest BCUT2D eigenvalue weighted by atomic mass is 9.95. The van der Waals surface area contributed by atoms with Crippen molar-refractivity contribution in [3.8, 4) is 6.07 Å². The average Bonchev–Trinajstić information content (AvgIpc) is 3.22. The fourth-order valence-corrected chi connectivity index (χ4v) is 4.48. The monoisotopic (exact) mass is 459 g/mol. The molecule has 3 heterocycles. The molecule has 172 valence electrons. The standard InChI is InChI=1S/C25H22FN5O3/c1-14-16(3-5-20-21(14)13-34-24(20)33)10-31-11-17-9-28-25(30-23(17)7-19(31)12-32)29-18-4-2-15(8-27)22(26)6-18/h2-6,9,19,32H,7,10-13H2,1H3,(H,28,29,30). The van der Waals surface area contributed by atoms with Crippen molar-refractivity contribution >= 4 is 17.6 Å². The molecule has 1 unspecified atom stereocenters. The molecule has 5 rings (SSSR count). The fourth-order valence-electron chi connectivity index (χ4n) is 4.48. The SMILES string of the molecule is Cc1c(CN2Cc3cnc(Nc4ccc(C#N)c(F)c4)nc3CC2CO)ccc2c1COC2=O. The minimum atomic E-state index is -0.612. The number of ether oxygens (including phenoxy) is 1. The predicted octanol–water partition coefficient (Wildman–Crippen LogP) is 3.13. The maximum Gasteiger partial charge on any atom is 0.338 e. The van der Waals surface area contributed by atoms with E-state index in [1.807, 2.05) is 19.1 Å². The first-order valence-corrected chi connectivity index (χ1v) is 10.9. The molecule has 0 radical (unpaired) electrons. The molecule has 0 fully saturated rings. The lowest BCUT2D eigenvalue weighted by molar-refractivity contribution is 0.0535. The zero-order valence-corrected chi connectivity index (χ0v) is 18.5. The molecule has 1 aromatic heterocycles. The molecule has 2 aliphatic rings. The number of nitrogens with zero attached hydrogens (tertiary/aromatic N) is 4. The van der Waals surface area contributed by atoms with E-state index in [9.17, 15) is 14.3 Å². The van der Waals surface area contributed by atoms with Crippen molar-refractivity contribution in [2.45, 2.75) is 39.1 Å². The van der Waals surface area contributed by atoms with Gasteiger partial charge in [-0.2, -0.15) is 5.26 Å². The third-order valence-electron chi connectivity index (χ3n) is 6.48. The highest BCUT2D eigenvalue weighted by molar-refractivity contribution is 5.93. The molecule has 1 atom stereocenters. The molecule has 34 heavy (non-hydrogen) atoms. The second-order valence-corrected chi connectivity index (χ2v) is 8.49. The van der Waals surface area contributed by atoms with Gasteiger partial charge in [0.25, 0.3) is 0 Å². The quantitative estimate of drug-likeness (QED) is 0.560. The first-order chi connectivity index (χ1) is 16.5. The second-order valence-electron chi connectivity index (χ2n) is 8.49. The van der Waals surface area contributed by atoms with Crippen molar-refractivity contribution < 1.29 is 19.0 Å². The largest absolute Gasteiger partial charge is 0.457 e. The molecule has 0 spiro atoms. The molecule has 2 aromatic carbocycles. The summed E-state index contributed by atoms with van der Waals surface area (Å²) in [6.45, 7) is 3.45. The summed E-state index contributed by atoms with van der Waals surface area (Å²) >= 11 is 0. The van der Waals surface area contributed by atoms with Crippen molar-refractivity contribution in [2.24, 2.45) is 0 Å². The van der Waals surface area contributed by atoms with Crippen LogP contribution in [0.2, 0.25) is 0 Å². The smallest absolute Gasteiger partial charge is 0.338 e. The van der Waals surface area contributed by atoms with E-state index in [0.717, 1.165) is 27.9 Å². The third-order valence-corrected chi connectivity index (χ3v) is 6.48. The molecule has 0 aliphatic carbocycles. The van der Waals surface area contributed by atoms with Gasteiger partial charge in [0, 0.05) is 48.6 Å². The maximum atomic E-state index is 13.9. The number of cyclic esters (lactones) is 1. The Balaban J connectivity index is 1.35. The topological polar surface area (TPSA) is 111 Å². The normalized spacial score (nSPS) is 17.0. The van der Waals surface area contributed by atoms with Crippen LogP contribution in [0.15, 0.2) is 36.5 Å². The maximum absolute atomic E-state index is 13.9. The molecule has 0 amide bonds. The molecular formula is C25H22FN5O3. The van der Waals surface area contributed by atoms with Crippen LogP contribution in [0.25, 0.3) is 0 Å². The lowest BCUT2D eigenvalue weighted by Crippen LogP contribution is -2.42. The van der Waals surface area contributed by atoms with Gasteiger partial charge in [-0.15, -0.1) is 0 Å². The Hall–Kier alpha value is -3.87. The molecule has 0 saturated heterocycles. The van der Waals surface area contributed by atoms with Gasteiger partial charge in [-0.05, 0) is 42.3 Å². The van der Waals surface area contributed by atoms with Crippen molar-refractivity contribution in [1.82, 2.24) is 14.9 Å². The summed E-state index contributed by atoms with van der Waals surface area (Å²) in [7, 11) is 0. The number of esters is 1. The molecule has 0 bridgehead atoms. The summed E-state index contributed by atoms with van der Waals surface area (Å²) in [5, 5.41) is 21.9. The number of anilines is 2. The van der Waals surface area contributed by atoms with Crippen LogP contribution in [-0.4, -0.2) is 38.6 Å². The van der Waals surface area contributed by atoms with Crippen LogP contribution in [0.3, 0.4) is 0 Å². The third kappa shape index (κ3) is 3.98. The molecular weight excluding hydrogens is 437 g/mol. The molecule has 2 aliphatic heterocycles. The van der Waals surface area contributed by atoms with Gasteiger partial charge in [-0.1, -0.05) is 6.07 Å². The van der Waals surface area contributed by atoms with Crippen molar-refractivity contribution in [3.05, 3.63) is 81.4 Å². The number of benzene rings is 2. The summed E-state index contributed by atoms with van der Waals surface area (Å²) in [4.78, 5) is 23.0. The van der Waals surface area contributed by atoms with Gasteiger partial charge >= 0.3 is 5.97 Å². The van der Waals surface area contributed by atoms with Crippen LogP contribution in [-0.2, 0) is 30.9 Å². The number of carbonyl (C=O) groups excluding carboxylic acids is 1. The van der Waals surface area contributed by atoms with E-state index >= 15 is 0 Å². The van der Waals surface area contributed by atoms with E-state index in [1.165, 1.54) is 12.1 Å². The number of aliphatic hydroxyl groups is 1. The van der Waals surface area contributed by atoms with Crippen molar-refractivity contribution in [3.63, 3.8) is 0 Å². The van der Waals surface area contributed by atoms with E-state index < -0.39 is 5.82 Å². The van der Waals surface area contributed by atoms with Crippen molar-refractivity contribution in [1.29, 1.82) is 5.26 Å². The highest BCUT2D eigenvalue weighted by Crippen LogP contribution is 2.30. The lowest BCUT2D eigenvalue weighted by Gasteiger charge is -2.35. The van der Waals surface area contributed by atoms with Crippen LogP contribution in [0.4, 0.5) is 16.0 Å². The Morgan fingerprint density at radius 1 is 1.35 bits per heavy atom. The molecule has 3 aromatic rings. The Labute approximate surface area is 195 Å². The highest BCUT2D eigenvalue weighted by Gasteiger charge is 2.29. The molecule has 8 nitrogen and oxygen atoms in total. The molecule has 2 N–H and O–H groups in total. The van der Waals surface area contributed by atoms with Gasteiger partial charge in [-0.25, -0.2) is 19.2 Å². The number of aliphatic hydroxyl groups excluding tert-OH is 1. The van der Waals surface area contributed by atoms with Gasteiger partial charge in [0.05, 0.1) is 23.4 Å². The number of hydrogen-bond acceptors (Lipinski definition) is 8. The van der Waals surface area contributed by atoms with Crippen LogP contribution in [0.5, 0.6) is 0 Å². The van der Waals surface area contributed by atoms with Crippen LogP contribution in [0.1, 0.15) is 43.9 Å². The number of nitriles is 1. The zero-order valence-electron chi connectivity index (χ0n) is 18.5. The van der Waals surface area contributed by atoms with E-state index in [4.69, 9.17) is 10.00 Å². The van der Waals surface area contributed by atoms with Crippen LogP contribution < -0.4 is 5.32 Å².